The van der Waals surface area contributed by atoms with Gasteiger partial charge in [-0.25, -0.2) is 0 Å². The number of hydrogen-bond acceptors (Lipinski definition) is 4. The minimum absolute atomic E-state index is 0.486. The van der Waals surface area contributed by atoms with Gasteiger partial charge in [0.25, 0.3) is 0 Å². The molecule has 1 aromatic carbocycles. The third kappa shape index (κ3) is 2.37. The number of nitrogens with two attached hydrogens (primary N) is 1. The maximum atomic E-state index is 8.87. The van der Waals surface area contributed by atoms with Crippen molar-refractivity contribution in [3.05, 3.63) is 41.7 Å². The molecule has 0 aliphatic carbocycles. The molecular formula is C12H13N5. The molecule has 2 aromatic rings. The molecule has 2 rings (SSSR count). The Morgan fingerprint density at radius 3 is 2.94 bits per heavy atom. The van der Waals surface area contributed by atoms with Crippen LogP contribution in [0.1, 0.15) is 11.3 Å². The highest BCUT2D eigenvalue weighted by Gasteiger charge is 2.01. The molecule has 5 heteroatoms. The molecule has 17 heavy (non-hydrogen) atoms. The minimum atomic E-state index is 0.486. The largest absolute Gasteiger partial charge is 0.398 e. The first-order valence-corrected chi connectivity index (χ1v) is 5.21. The van der Waals surface area contributed by atoms with Crippen LogP contribution in [0.15, 0.2) is 30.5 Å². The van der Waals surface area contributed by atoms with E-state index in [2.05, 4.69) is 16.5 Å². The lowest BCUT2D eigenvalue weighted by Crippen LogP contribution is -2.05. The van der Waals surface area contributed by atoms with E-state index in [0.29, 0.717) is 17.8 Å². The first-order chi connectivity index (χ1) is 8.20. The number of benzene rings is 1. The second kappa shape index (κ2) is 4.58. The topological polar surface area (TPSA) is 79.7 Å². The van der Waals surface area contributed by atoms with Gasteiger partial charge in [0.15, 0.2) is 0 Å². The molecule has 3 N–H and O–H groups in total. The van der Waals surface area contributed by atoms with Crippen LogP contribution in [0.3, 0.4) is 0 Å². The number of aryl methyl sites for hydroxylation is 1. The second-order valence-electron chi connectivity index (χ2n) is 3.71. The fraction of sp³-hybridized carbons (Fsp3) is 0.167. The van der Waals surface area contributed by atoms with Gasteiger partial charge >= 0.3 is 0 Å². The van der Waals surface area contributed by atoms with Crippen molar-refractivity contribution >= 4 is 11.4 Å². The van der Waals surface area contributed by atoms with Crippen LogP contribution in [0, 0.1) is 11.3 Å². The Balaban J connectivity index is 2.10. The van der Waals surface area contributed by atoms with Crippen molar-refractivity contribution in [2.75, 3.05) is 11.1 Å². The Morgan fingerprint density at radius 2 is 2.29 bits per heavy atom. The lowest BCUT2D eigenvalue weighted by molar-refractivity contribution is 0.720. The van der Waals surface area contributed by atoms with Gasteiger partial charge in [0.1, 0.15) is 6.07 Å². The maximum absolute atomic E-state index is 8.87. The van der Waals surface area contributed by atoms with Gasteiger partial charge in [0.05, 0.1) is 17.8 Å². The highest BCUT2D eigenvalue weighted by molar-refractivity contribution is 5.61. The molecule has 0 fully saturated rings. The fourth-order valence-corrected chi connectivity index (χ4v) is 1.53. The molecule has 0 atom stereocenters. The zero-order valence-corrected chi connectivity index (χ0v) is 9.51. The van der Waals surface area contributed by atoms with Crippen molar-refractivity contribution < 1.29 is 0 Å². The van der Waals surface area contributed by atoms with Crippen molar-refractivity contribution in [2.45, 2.75) is 6.54 Å². The molecule has 0 saturated carbocycles. The van der Waals surface area contributed by atoms with Gasteiger partial charge in [-0.05, 0) is 24.3 Å². The summed E-state index contributed by atoms with van der Waals surface area (Å²) < 4.78 is 1.80. The second-order valence-corrected chi connectivity index (χ2v) is 3.71. The van der Waals surface area contributed by atoms with Crippen molar-refractivity contribution in [1.82, 2.24) is 9.78 Å². The van der Waals surface area contributed by atoms with Crippen LogP contribution in [0.4, 0.5) is 11.4 Å². The standard InChI is InChI=1S/C12H13N5/c1-17-11(4-5-16-17)8-15-10-2-3-12(14)9(6-10)7-13/h2-6,15H,8,14H2,1H3. The number of anilines is 2. The lowest BCUT2D eigenvalue weighted by Gasteiger charge is -2.07. The van der Waals surface area contributed by atoms with Crippen LogP contribution in [0.2, 0.25) is 0 Å². The summed E-state index contributed by atoms with van der Waals surface area (Å²) in [5.41, 5.74) is 8.58. The summed E-state index contributed by atoms with van der Waals surface area (Å²) in [6.07, 6.45) is 1.75. The Labute approximate surface area is 99.5 Å². The smallest absolute Gasteiger partial charge is 0.101 e. The Bertz CT molecular complexity index is 565. The quantitative estimate of drug-likeness (QED) is 0.778. The van der Waals surface area contributed by atoms with E-state index in [1.54, 1.807) is 23.0 Å². The number of nitrogen functional groups attached to an aromatic ring is 1. The molecule has 0 amide bonds. The zero-order chi connectivity index (χ0) is 12.3. The van der Waals surface area contributed by atoms with Crippen molar-refractivity contribution in [2.24, 2.45) is 7.05 Å². The average molecular weight is 227 g/mol. The summed E-state index contributed by atoms with van der Waals surface area (Å²) in [6, 6.07) is 9.32. The summed E-state index contributed by atoms with van der Waals surface area (Å²) in [6.45, 7) is 0.658. The van der Waals surface area contributed by atoms with Crippen molar-refractivity contribution in [1.29, 1.82) is 5.26 Å². The molecule has 0 saturated heterocycles. The van der Waals surface area contributed by atoms with E-state index in [1.165, 1.54) is 0 Å². The van der Waals surface area contributed by atoms with E-state index in [4.69, 9.17) is 11.0 Å². The molecule has 0 radical (unpaired) electrons. The van der Waals surface area contributed by atoms with E-state index >= 15 is 0 Å². The Kier molecular flexibility index (Phi) is 2.97. The van der Waals surface area contributed by atoms with Gasteiger partial charge in [-0.2, -0.15) is 10.4 Å². The van der Waals surface area contributed by atoms with Gasteiger partial charge in [-0.15, -0.1) is 0 Å². The Hall–Kier alpha value is -2.48. The molecule has 0 spiro atoms. The van der Waals surface area contributed by atoms with Crippen molar-refractivity contribution in [3.8, 4) is 6.07 Å². The molecular weight excluding hydrogens is 214 g/mol. The zero-order valence-electron chi connectivity index (χ0n) is 9.51. The van der Waals surface area contributed by atoms with Gasteiger partial charge in [0, 0.05) is 24.6 Å². The number of nitrogens with one attached hydrogen (secondary N) is 1. The molecule has 1 heterocycles. The molecule has 0 aliphatic heterocycles. The lowest BCUT2D eigenvalue weighted by atomic mass is 10.2. The van der Waals surface area contributed by atoms with E-state index in [9.17, 15) is 0 Å². The van der Waals surface area contributed by atoms with Gasteiger partial charge in [-0.3, -0.25) is 4.68 Å². The molecule has 86 valence electrons. The first kappa shape index (κ1) is 11.0. The van der Waals surface area contributed by atoms with Crippen LogP contribution in [-0.4, -0.2) is 9.78 Å². The summed E-state index contributed by atoms with van der Waals surface area (Å²) in [5.74, 6) is 0. The van der Waals surface area contributed by atoms with Gasteiger partial charge < -0.3 is 11.1 Å². The van der Waals surface area contributed by atoms with E-state index in [1.807, 2.05) is 19.2 Å². The van der Waals surface area contributed by atoms with E-state index in [-0.39, 0.29) is 0 Å². The summed E-state index contributed by atoms with van der Waals surface area (Å²) in [7, 11) is 1.89. The molecule has 0 bridgehead atoms. The highest BCUT2D eigenvalue weighted by atomic mass is 15.3. The normalized spacial score (nSPS) is 9.88. The predicted octanol–water partition coefficient (Wildman–Crippen LogP) is 1.49. The first-order valence-electron chi connectivity index (χ1n) is 5.21. The summed E-state index contributed by atoms with van der Waals surface area (Å²) in [5, 5.41) is 16.2. The molecule has 5 nitrogen and oxygen atoms in total. The van der Waals surface area contributed by atoms with Gasteiger partial charge in [0.2, 0.25) is 0 Å². The summed E-state index contributed by atoms with van der Waals surface area (Å²) >= 11 is 0. The number of hydrogen-bond donors (Lipinski definition) is 2. The van der Waals surface area contributed by atoms with Crippen molar-refractivity contribution in [3.63, 3.8) is 0 Å². The SMILES string of the molecule is Cn1nccc1CNc1ccc(N)c(C#N)c1. The number of aromatic nitrogens is 2. The molecule has 1 aromatic heterocycles. The van der Waals surface area contributed by atoms with E-state index in [0.717, 1.165) is 11.4 Å². The minimum Gasteiger partial charge on any atom is -0.398 e. The predicted molar refractivity (Wildman–Crippen MR) is 66.1 cm³/mol. The molecule has 0 aliphatic rings. The fourth-order valence-electron chi connectivity index (χ4n) is 1.53. The maximum Gasteiger partial charge on any atom is 0.101 e. The third-order valence-corrected chi connectivity index (χ3v) is 2.57. The number of nitrogens with zero attached hydrogens (tertiary/aromatic N) is 3. The van der Waals surface area contributed by atoms with Crippen LogP contribution >= 0.6 is 0 Å². The highest BCUT2D eigenvalue weighted by Crippen LogP contribution is 2.17. The van der Waals surface area contributed by atoms with Crippen LogP contribution in [-0.2, 0) is 13.6 Å². The van der Waals surface area contributed by atoms with Crippen LogP contribution in [0.25, 0.3) is 0 Å². The monoisotopic (exact) mass is 227 g/mol. The van der Waals surface area contributed by atoms with E-state index < -0.39 is 0 Å². The number of nitriles is 1. The summed E-state index contributed by atoms with van der Waals surface area (Å²) in [4.78, 5) is 0. The average Bonchev–Trinajstić information content (AvgIpc) is 2.74. The number of rotatable bonds is 3. The third-order valence-electron chi connectivity index (χ3n) is 2.57. The molecule has 0 unspecified atom stereocenters. The van der Waals surface area contributed by atoms with Crippen LogP contribution < -0.4 is 11.1 Å². The van der Waals surface area contributed by atoms with Crippen LogP contribution in [0.5, 0.6) is 0 Å². The Morgan fingerprint density at radius 1 is 1.47 bits per heavy atom. The van der Waals surface area contributed by atoms with Gasteiger partial charge in [-0.1, -0.05) is 0 Å².